The number of aromatic nitrogens is 1. The van der Waals surface area contributed by atoms with Gasteiger partial charge in [-0.2, -0.15) is 0 Å². The van der Waals surface area contributed by atoms with E-state index in [0.717, 1.165) is 16.7 Å². The number of hydrogen-bond donors (Lipinski definition) is 2. The zero-order valence-electron chi connectivity index (χ0n) is 19.3. The third-order valence-electron chi connectivity index (χ3n) is 5.97. The summed E-state index contributed by atoms with van der Waals surface area (Å²) in [5.74, 6) is -0.898. The third kappa shape index (κ3) is 5.15. The maximum absolute atomic E-state index is 12.9. The molecule has 0 fully saturated rings. The molecule has 4 aromatic rings. The first-order valence-electron chi connectivity index (χ1n) is 11.5. The fourth-order valence-corrected chi connectivity index (χ4v) is 4.13. The van der Waals surface area contributed by atoms with E-state index in [1.54, 1.807) is 42.6 Å². The third-order valence-corrected chi connectivity index (χ3v) is 5.97. The highest BCUT2D eigenvalue weighted by Crippen LogP contribution is 2.31. The van der Waals surface area contributed by atoms with Gasteiger partial charge in [0, 0.05) is 36.6 Å². The largest absolute Gasteiger partial charge is 0.454 e. The normalized spacial score (nSPS) is 14.3. The van der Waals surface area contributed by atoms with Gasteiger partial charge in [-0.25, -0.2) is 4.79 Å². The molecule has 178 valence electrons. The van der Waals surface area contributed by atoms with Crippen molar-refractivity contribution in [3.8, 4) is 0 Å². The molecule has 7 nitrogen and oxygen atoms in total. The first-order chi connectivity index (χ1) is 17.6. The lowest BCUT2D eigenvalue weighted by molar-refractivity contribution is 0.0252. The highest BCUT2D eigenvalue weighted by Gasteiger charge is 2.28. The quantitative estimate of drug-likeness (QED) is 0.392. The van der Waals surface area contributed by atoms with Crippen LogP contribution < -0.4 is 10.6 Å². The first-order valence-corrected chi connectivity index (χ1v) is 11.5. The number of carbonyl (C=O) groups is 3. The summed E-state index contributed by atoms with van der Waals surface area (Å²) in [6.07, 6.45) is 3.23. The van der Waals surface area contributed by atoms with Crippen molar-refractivity contribution < 1.29 is 19.1 Å². The van der Waals surface area contributed by atoms with Crippen molar-refractivity contribution >= 4 is 23.5 Å². The number of benzene rings is 3. The predicted octanol–water partition coefficient (Wildman–Crippen LogP) is 4.72. The summed E-state index contributed by atoms with van der Waals surface area (Å²) < 4.78 is 5.60. The molecular formula is C29H23N3O4. The summed E-state index contributed by atoms with van der Waals surface area (Å²) in [5, 5.41) is 5.75. The number of nitrogens with one attached hydrogen (secondary N) is 2. The van der Waals surface area contributed by atoms with Gasteiger partial charge in [-0.1, -0.05) is 42.5 Å². The second-order valence-electron chi connectivity index (χ2n) is 8.46. The lowest BCUT2D eigenvalue weighted by Crippen LogP contribution is -2.25. The van der Waals surface area contributed by atoms with E-state index in [1.807, 2.05) is 48.5 Å². The Bertz CT molecular complexity index is 1420. The Morgan fingerprint density at radius 2 is 1.75 bits per heavy atom. The minimum atomic E-state index is -0.387. The number of hydrogen-bond acceptors (Lipinski definition) is 5. The standard InChI is InChI=1S/C29H23N3O4/c33-27(31-17-19-6-4-10-24(14-19)32-28(34)22-9-5-13-30-18-22)21-11-12-25-23(15-21)16-26(36-29(25)35)20-7-2-1-3-8-20/h1-15,18,26H,16-17H2,(H,31,33)(H,32,34). The predicted molar refractivity (Wildman–Crippen MR) is 135 cm³/mol. The number of nitrogens with zero attached hydrogens (tertiary/aromatic N) is 1. The second kappa shape index (κ2) is 10.2. The van der Waals surface area contributed by atoms with Gasteiger partial charge in [0.2, 0.25) is 0 Å². The van der Waals surface area contributed by atoms with Crippen molar-refractivity contribution in [2.75, 3.05) is 5.32 Å². The molecule has 5 rings (SSSR count). The van der Waals surface area contributed by atoms with E-state index in [1.165, 1.54) is 6.20 Å². The van der Waals surface area contributed by atoms with Crippen LogP contribution in [0.1, 0.15) is 53.9 Å². The van der Waals surface area contributed by atoms with E-state index in [0.29, 0.717) is 28.8 Å². The van der Waals surface area contributed by atoms with E-state index in [4.69, 9.17) is 4.74 Å². The summed E-state index contributed by atoms with van der Waals surface area (Å²) in [6.45, 7) is 0.279. The highest BCUT2D eigenvalue weighted by atomic mass is 16.5. The molecule has 1 unspecified atom stereocenters. The molecule has 7 heteroatoms. The van der Waals surface area contributed by atoms with Crippen molar-refractivity contribution in [2.24, 2.45) is 0 Å². The molecule has 1 aliphatic heterocycles. The number of ether oxygens (including phenoxy) is 1. The number of carbonyl (C=O) groups excluding carboxylic acids is 3. The highest BCUT2D eigenvalue weighted by molar-refractivity contribution is 6.04. The number of amides is 2. The minimum absolute atomic E-state index is 0.252. The van der Waals surface area contributed by atoms with Crippen LogP contribution in [0.25, 0.3) is 0 Å². The molecule has 0 bridgehead atoms. The monoisotopic (exact) mass is 477 g/mol. The van der Waals surface area contributed by atoms with Crippen LogP contribution in [0, 0.1) is 0 Å². The van der Waals surface area contributed by atoms with Crippen molar-refractivity contribution in [1.82, 2.24) is 10.3 Å². The maximum atomic E-state index is 12.9. The van der Waals surface area contributed by atoms with Gasteiger partial charge in [-0.05, 0) is 59.2 Å². The van der Waals surface area contributed by atoms with Crippen LogP contribution in [-0.4, -0.2) is 22.8 Å². The van der Waals surface area contributed by atoms with Gasteiger partial charge in [0.05, 0.1) is 11.1 Å². The molecule has 0 saturated heterocycles. The van der Waals surface area contributed by atoms with Crippen LogP contribution in [-0.2, 0) is 17.7 Å². The van der Waals surface area contributed by atoms with Gasteiger partial charge in [0.1, 0.15) is 6.10 Å². The van der Waals surface area contributed by atoms with Gasteiger partial charge in [0.15, 0.2) is 0 Å². The van der Waals surface area contributed by atoms with Crippen molar-refractivity contribution in [2.45, 2.75) is 19.1 Å². The Hall–Kier alpha value is -4.78. The fraction of sp³-hybridized carbons (Fsp3) is 0.103. The molecule has 2 heterocycles. The molecule has 2 amide bonds. The lowest BCUT2D eigenvalue weighted by Gasteiger charge is -2.25. The van der Waals surface area contributed by atoms with Crippen LogP contribution in [0.4, 0.5) is 5.69 Å². The molecule has 1 atom stereocenters. The van der Waals surface area contributed by atoms with E-state index in [2.05, 4.69) is 15.6 Å². The number of pyridine rings is 1. The number of cyclic esters (lactones) is 1. The maximum Gasteiger partial charge on any atom is 0.339 e. The molecule has 36 heavy (non-hydrogen) atoms. The Balaban J connectivity index is 1.24. The Morgan fingerprint density at radius 3 is 2.56 bits per heavy atom. The van der Waals surface area contributed by atoms with Gasteiger partial charge in [-0.3, -0.25) is 14.6 Å². The molecule has 1 aliphatic rings. The smallest absolute Gasteiger partial charge is 0.339 e. The number of fused-ring (bicyclic) bond motifs is 1. The Labute approximate surface area is 208 Å². The van der Waals surface area contributed by atoms with Gasteiger partial charge in [-0.15, -0.1) is 0 Å². The summed E-state index contributed by atoms with van der Waals surface area (Å²) in [7, 11) is 0. The van der Waals surface area contributed by atoms with Gasteiger partial charge in [0.25, 0.3) is 11.8 Å². The van der Waals surface area contributed by atoms with Crippen LogP contribution in [0.3, 0.4) is 0 Å². The van der Waals surface area contributed by atoms with E-state index in [9.17, 15) is 14.4 Å². The summed E-state index contributed by atoms with van der Waals surface area (Å²) in [5.41, 5.74) is 4.57. The lowest BCUT2D eigenvalue weighted by atomic mass is 9.93. The van der Waals surface area contributed by atoms with Gasteiger partial charge >= 0.3 is 5.97 Å². The number of esters is 1. The molecular weight excluding hydrogens is 454 g/mol. The summed E-state index contributed by atoms with van der Waals surface area (Å²) in [6, 6.07) is 25.3. The van der Waals surface area contributed by atoms with E-state index in [-0.39, 0.29) is 30.4 Å². The van der Waals surface area contributed by atoms with Crippen LogP contribution in [0.2, 0.25) is 0 Å². The number of rotatable bonds is 6. The Kier molecular flexibility index (Phi) is 6.53. The average molecular weight is 478 g/mol. The minimum Gasteiger partial charge on any atom is -0.454 e. The summed E-state index contributed by atoms with van der Waals surface area (Å²) >= 11 is 0. The second-order valence-corrected chi connectivity index (χ2v) is 8.46. The van der Waals surface area contributed by atoms with Gasteiger partial charge < -0.3 is 15.4 Å². The topological polar surface area (TPSA) is 97.4 Å². The van der Waals surface area contributed by atoms with E-state index < -0.39 is 0 Å². The SMILES string of the molecule is O=C(NCc1cccc(NC(=O)c2cccnc2)c1)c1ccc2c(c1)CC(c1ccccc1)OC2=O. The van der Waals surface area contributed by atoms with Crippen molar-refractivity contribution in [3.63, 3.8) is 0 Å². The zero-order chi connectivity index (χ0) is 24.9. The number of anilines is 1. The van der Waals surface area contributed by atoms with Crippen molar-refractivity contribution in [3.05, 3.63) is 131 Å². The van der Waals surface area contributed by atoms with Crippen molar-refractivity contribution in [1.29, 1.82) is 0 Å². The average Bonchev–Trinajstić information content (AvgIpc) is 2.92. The molecule has 1 aromatic heterocycles. The molecule has 0 spiro atoms. The molecule has 0 radical (unpaired) electrons. The zero-order valence-corrected chi connectivity index (χ0v) is 19.3. The first kappa shape index (κ1) is 23.0. The van der Waals surface area contributed by atoms with E-state index >= 15 is 0 Å². The molecule has 3 aromatic carbocycles. The molecule has 2 N–H and O–H groups in total. The molecule has 0 aliphatic carbocycles. The van der Waals surface area contributed by atoms with Crippen LogP contribution in [0.5, 0.6) is 0 Å². The molecule has 0 saturated carbocycles. The fourth-order valence-electron chi connectivity index (χ4n) is 4.13. The summed E-state index contributed by atoms with van der Waals surface area (Å²) in [4.78, 5) is 41.7. The van der Waals surface area contributed by atoms with Crippen LogP contribution >= 0.6 is 0 Å². The van der Waals surface area contributed by atoms with Crippen LogP contribution in [0.15, 0.2) is 97.3 Å². The Morgan fingerprint density at radius 1 is 0.889 bits per heavy atom.